The second kappa shape index (κ2) is 20.7. The smallest absolute Gasteiger partial charge is 0.306 e. The standard InChI is InChI=1S/C28H56O5/c1-4-7-9-11-13-14-15-17-19-21-25(20-18-16-12-10-8-5-2)28(33,26(30)23-29)22-24(6-3)27(31)32/h24-26,29-30,33H,4-23H2,1-3H3,(H,31,32)/t24?,25?,26?,28-/m0/s1. The molecule has 0 rings (SSSR count). The molecule has 33 heavy (non-hydrogen) atoms. The van der Waals surface area contributed by atoms with Gasteiger partial charge in [-0.25, -0.2) is 0 Å². The van der Waals surface area contributed by atoms with Crippen LogP contribution in [0.5, 0.6) is 0 Å². The van der Waals surface area contributed by atoms with E-state index in [0.29, 0.717) is 6.42 Å². The van der Waals surface area contributed by atoms with E-state index >= 15 is 0 Å². The van der Waals surface area contributed by atoms with Gasteiger partial charge < -0.3 is 20.4 Å². The molecule has 0 aliphatic heterocycles. The van der Waals surface area contributed by atoms with Crippen LogP contribution in [0.4, 0.5) is 0 Å². The largest absolute Gasteiger partial charge is 0.481 e. The lowest BCUT2D eigenvalue weighted by atomic mass is 9.71. The van der Waals surface area contributed by atoms with Gasteiger partial charge in [0.15, 0.2) is 0 Å². The van der Waals surface area contributed by atoms with E-state index in [1.54, 1.807) is 6.92 Å². The Bertz CT molecular complexity index is 456. The van der Waals surface area contributed by atoms with Crippen molar-refractivity contribution in [2.24, 2.45) is 11.8 Å². The monoisotopic (exact) mass is 472 g/mol. The first-order valence-corrected chi connectivity index (χ1v) is 14.1. The van der Waals surface area contributed by atoms with Gasteiger partial charge in [-0.05, 0) is 31.6 Å². The van der Waals surface area contributed by atoms with E-state index in [4.69, 9.17) is 0 Å². The molecule has 0 heterocycles. The molecule has 0 spiro atoms. The predicted molar refractivity (Wildman–Crippen MR) is 137 cm³/mol. The number of carbonyl (C=O) groups is 1. The number of rotatable bonds is 24. The first-order valence-electron chi connectivity index (χ1n) is 14.1. The maximum Gasteiger partial charge on any atom is 0.306 e. The maximum absolute atomic E-state index is 11.7. The summed E-state index contributed by atoms with van der Waals surface area (Å²) in [6.45, 7) is 5.69. The molecular weight excluding hydrogens is 416 g/mol. The number of aliphatic hydroxyl groups is 3. The van der Waals surface area contributed by atoms with Crippen LogP contribution in [-0.2, 0) is 4.79 Å². The van der Waals surface area contributed by atoms with E-state index in [1.165, 1.54) is 70.6 Å². The quantitative estimate of drug-likeness (QED) is 0.115. The van der Waals surface area contributed by atoms with Crippen LogP contribution in [0.15, 0.2) is 0 Å². The fourth-order valence-electron chi connectivity index (χ4n) is 5.05. The fourth-order valence-corrected chi connectivity index (χ4v) is 5.05. The van der Waals surface area contributed by atoms with Crippen molar-refractivity contribution in [2.45, 2.75) is 154 Å². The zero-order valence-electron chi connectivity index (χ0n) is 22.1. The minimum atomic E-state index is -1.56. The molecule has 0 aliphatic rings. The van der Waals surface area contributed by atoms with E-state index in [1.807, 2.05) is 0 Å². The van der Waals surface area contributed by atoms with Crippen LogP contribution in [-0.4, -0.2) is 44.7 Å². The minimum absolute atomic E-state index is 0.00150. The topological polar surface area (TPSA) is 98.0 Å². The SMILES string of the molecule is CCCCCCCCCCCC(CCCCCCCC)[C@@](O)(CC(CC)C(=O)O)C(O)CO. The molecule has 0 saturated heterocycles. The molecule has 4 N–H and O–H groups in total. The zero-order valence-corrected chi connectivity index (χ0v) is 22.1. The summed E-state index contributed by atoms with van der Waals surface area (Å²) >= 11 is 0. The van der Waals surface area contributed by atoms with Gasteiger partial charge in [0.2, 0.25) is 0 Å². The van der Waals surface area contributed by atoms with Crippen LogP contribution in [0, 0.1) is 11.8 Å². The molecule has 0 radical (unpaired) electrons. The normalized spacial score (nSPS) is 16.3. The van der Waals surface area contributed by atoms with Crippen molar-refractivity contribution in [3.8, 4) is 0 Å². The van der Waals surface area contributed by atoms with Crippen LogP contribution < -0.4 is 0 Å². The Morgan fingerprint density at radius 2 is 1.12 bits per heavy atom. The summed E-state index contributed by atoms with van der Waals surface area (Å²) in [5.41, 5.74) is -1.56. The maximum atomic E-state index is 11.7. The molecule has 0 bridgehead atoms. The zero-order chi connectivity index (χ0) is 25.0. The number of hydrogen-bond acceptors (Lipinski definition) is 4. The van der Waals surface area contributed by atoms with E-state index in [0.717, 1.165) is 38.5 Å². The Morgan fingerprint density at radius 1 is 0.727 bits per heavy atom. The highest BCUT2D eigenvalue weighted by Gasteiger charge is 2.44. The molecule has 0 aromatic heterocycles. The summed E-state index contributed by atoms with van der Waals surface area (Å²) in [5.74, 6) is -1.85. The van der Waals surface area contributed by atoms with Gasteiger partial charge in [0, 0.05) is 0 Å². The minimum Gasteiger partial charge on any atom is -0.481 e. The van der Waals surface area contributed by atoms with E-state index in [-0.39, 0.29) is 12.3 Å². The van der Waals surface area contributed by atoms with Crippen LogP contribution in [0.3, 0.4) is 0 Å². The van der Waals surface area contributed by atoms with E-state index in [2.05, 4.69) is 13.8 Å². The summed E-state index contributed by atoms with van der Waals surface area (Å²) in [6, 6.07) is 0. The molecule has 0 saturated carbocycles. The third kappa shape index (κ3) is 14.4. The summed E-state index contributed by atoms with van der Waals surface area (Å²) in [6.07, 6.45) is 18.5. The first kappa shape index (κ1) is 32.4. The van der Waals surface area contributed by atoms with Gasteiger partial charge in [-0.15, -0.1) is 0 Å². The molecule has 0 aromatic rings. The Balaban J connectivity index is 4.96. The van der Waals surface area contributed by atoms with Crippen molar-refractivity contribution in [3.05, 3.63) is 0 Å². The summed E-state index contributed by atoms with van der Waals surface area (Å²) in [5, 5.41) is 41.4. The van der Waals surface area contributed by atoms with E-state index in [9.17, 15) is 25.2 Å². The lowest BCUT2D eigenvalue weighted by molar-refractivity contribution is -0.161. The van der Waals surface area contributed by atoms with Crippen molar-refractivity contribution in [3.63, 3.8) is 0 Å². The van der Waals surface area contributed by atoms with Crippen molar-refractivity contribution < 1.29 is 25.2 Å². The fraction of sp³-hybridized carbons (Fsp3) is 0.964. The first-order chi connectivity index (χ1) is 15.9. The molecule has 0 aromatic carbocycles. The molecule has 4 atom stereocenters. The van der Waals surface area contributed by atoms with Gasteiger partial charge in [0.1, 0.15) is 6.10 Å². The number of hydrogen-bond donors (Lipinski definition) is 4. The van der Waals surface area contributed by atoms with Gasteiger partial charge in [-0.3, -0.25) is 4.79 Å². The second-order valence-corrected chi connectivity index (χ2v) is 10.2. The van der Waals surface area contributed by atoms with Crippen LogP contribution in [0.2, 0.25) is 0 Å². The van der Waals surface area contributed by atoms with Crippen molar-refractivity contribution >= 4 is 5.97 Å². The lowest BCUT2D eigenvalue weighted by Gasteiger charge is -2.41. The highest BCUT2D eigenvalue weighted by atomic mass is 16.4. The van der Waals surface area contributed by atoms with Crippen LogP contribution >= 0.6 is 0 Å². The Kier molecular flexibility index (Phi) is 20.3. The summed E-state index contributed by atoms with van der Waals surface area (Å²) < 4.78 is 0. The third-order valence-corrected chi connectivity index (χ3v) is 7.43. The predicted octanol–water partition coefficient (Wildman–Crippen LogP) is 6.86. The number of carboxylic acid groups (broad SMARTS) is 1. The van der Waals surface area contributed by atoms with Gasteiger partial charge in [0.25, 0.3) is 0 Å². The third-order valence-electron chi connectivity index (χ3n) is 7.43. The van der Waals surface area contributed by atoms with Crippen molar-refractivity contribution in [1.82, 2.24) is 0 Å². The summed E-state index contributed by atoms with van der Waals surface area (Å²) in [4.78, 5) is 11.7. The number of aliphatic hydroxyl groups excluding tert-OH is 2. The molecule has 0 amide bonds. The Hall–Kier alpha value is -0.650. The highest BCUT2D eigenvalue weighted by molar-refractivity contribution is 5.70. The van der Waals surface area contributed by atoms with Crippen LogP contribution in [0.25, 0.3) is 0 Å². The van der Waals surface area contributed by atoms with Crippen LogP contribution in [0.1, 0.15) is 143 Å². The Labute approximate surface area is 204 Å². The average molecular weight is 473 g/mol. The van der Waals surface area contributed by atoms with Crippen molar-refractivity contribution in [1.29, 1.82) is 0 Å². The van der Waals surface area contributed by atoms with Crippen molar-refractivity contribution in [2.75, 3.05) is 6.61 Å². The van der Waals surface area contributed by atoms with Gasteiger partial charge in [-0.2, -0.15) is 0 Å². The molecule has 0 fully saturated rings. The molecule has 0 aliphatic carbocycles. The second-order valence-electron chi connectivity index (χ2n) is 10.2. The number of carboxylic acids is 1. The molecular formula is C28H56O5. The highest BCUT2D eigenvalue weighted by Crippen LogP contribution is 2.37. The van der Waals surface area contributed by atoms with Gasteiger partial charge in [0.05, 0.1) is 18.1 Å². The molecule has 3 unspecified atom stereocenters. The average Bonchev–Trinajstić information content (AvgIpc) is 2.81. The molecule has 5 nitrogen and oxygen atoms in total. The van der Waals surface area contributed by atoms with Gasteiger partial charge in [-0.1, -0.05) is 117 Å². The number of aliphatic carboxylic acids is 1. The number of unbranched alkanes of at least 4 members (excludes halogenated alkanes) is 13. The lowest BCUT2D eigenvalue weighted by Crippen LogP contribution is -2.52. The molecule has 198 valence electrons. The van der Waals surface area contributed by atoms with Gasteiger partial charge >= 0.3 is 5.97 Å². The summed E-state index contributed by atoms with van der Waals surface area (Å²) in [7, 11) is 0. The molecule has 5 heteroatoms. The van der Waals surface area contributed by atoms with E-state index < -0.39 is 30.2 Å². The Morgan fingerprint density at radius 3 is 1.45 bits per heavy atom.